The van der Waals surface area contributed by atoms with Crippen molar-refractivity contribution in [2.75, 3.05) is 11.5 Å². The van der Waals surface area contributed by atoms with Gasteiger partial charge in [0.2, 0.25) is 12.3 Å². The van der Waals surface area contributed by atoms with Crippen LogP contribution in [0, 0.1) is 17.6 Å². The molecule has 2 aromatic carbocycles. The van der Waals surface area contributed by atoms with Crippen LogP contribution in [0.5, 0.6) is 5.75 Å². The number of halogens is 4. The van der Waals surface area contributed by atoms with Crippen LogP contribution in [0.2, 0.25) is 0 Å². The molecule has 0 unspecified atom stereocenters. The number of nitrogens with zero attached hydrogens (tertiary/aromatic N) is 2. The third kappa shape index (κ3) is 3.41. The number of anilines is 1. The lowest BCUT2D eigenvalue weighted by molar-refractivity contribution is -0.129. The molecular weight excluding hydrogens is 390 g/mol. The molecule has 1 aliphatic heterocycles. The smallest absolute Gasteiger partial charge is 0.241 e. The minimum Gasteiger partial charge on any atom is -0.493 e. The summed E-state index contributed by atoms with van der Waals surface area (Å²) in [5.74, 6) is -2.85. The number of nitrogens with one attached hydrogen (secondary N) is 1. The largest absolute Gasteiger partial charge is 0.493 e. The predicted molar refractivity (Wildman–Crippen MR) is 98.0 cm³/mol. The highest BCUT2D eigenvalue weighted by atomic mass is 19.3. The highest BCUT2D eigenvalue weighted by molar-refractivity contribution is 6.04. The van der Waals surface area contributed by atoms with E-state index >= 15 is 0 Å². The van der Waals surface area contributed by atoms with Crippen molar-refractivity contribution in [2.24, 2.45) is 5.92 Å². The number of hydrogen-bond donors (Lipinski definition) is 1. The molecule has 5 nitrogen and oxygen atoms in total. The van der Waals surface area contributed by atoms with Crippen molar-refractivity contribution in [3.05, 3.63) is 53.9 Å². The van der Waals surface area contributed by atoms with Crippen LogP contribution in [0.4, 0.5) is 23.2 Å². The number of ether oxygens (including phenoxy) is 1. The Morgan fingerprint density at radius 1 is 1.21 bits per heavy atom. The molecule has 1 amide bonds. The fraction of sp³-hybridized carbons (Fsp3) is 0.300. The first-order chi connectivity index (χ1) is 13.9. The zero-order chi connectivity index (χ0) is 20.7. The number of fused-ring (bicyclic) bond motifs is 1. The second kappa shape index (κ2) is 7.38. The van der Waals surface area contributed by atoms with Crippen LogP contribution in [0.3, 0.4) is 0 Å². The highest BCUT2D eigenvalue weighted by Gasteiger charge is 2.48. The van der Waals surface area contributed by atoms with Crippen LogP contribution in [0.15, 0.2) is 36.7 Å². The number of benzene rings is 2. The van der Waals surface area contributed by atoms with Crippen molar-refractivity contribution in [1.82, 2.24) is 9.97 Å². The lowest BCUT2D eigenvalue weighted by Gasteiger charge is -2.46. The molecule has 3 aromatic rings. The van der Waals surface area contributed by atoms with E-state index in [1.54, 1.807) is 25.1 Å². The zero-order valence-electron chi connectivity index (χ0n) is 15.3. The predicted octanol–water partition coefficient (Wildman–Crippen LogP) is 4.60. The monoisotopic (exact) mass is 407 g/mol. The minimum atomic E-state index is -2.56. The summed E-state index contributed by atoms with van der Waals surface area (Å²) in [5.41, 5.74) is 1.61. The number of carbonyl (C=O) groups is 1. The van der Waals surface area contributed by atoms with Gasteiger partial charge in [-0.15, -0.1) is 0 Å². The fourth-order valence-corrected chi connectivity index (χ4v) is 3.56. The standard InChI is InChI=1S/C20H17F4N3O2/c1-10-19(18-13(21)7-12(8-14(18)22)29-5-4-17(23)24)27(20(10)28)11-2-3-15-16(6-11)26-9-25-15/h2-3,6-10,17,19H,4-5H2,1H3,(H,25,26)/t10-,19+/m1/s1. The molecule has 9 heteroatoms. The molecule has 2 heterocycles. The lowest BCUT2D eigenvalue weighted by Crippen LogP contribution is -2.54. The first kappa shape index (κ1) is 19.2. The van der Waals surface area contributed by atoms with Crippen LogP contribution < -0.4 is 9.64 Å². The Morgan fingerprint density at radius 2 is 1.93 bits per heavy atom. The number of hydrogen-bond acceptors (Lipinski definition) is 3. The highest BCUT2D eigenvalue weighted by Crippen LogP contribution is 2.45. The number of alkyl halides is 2. The van der Waals surface area contributed by atoms with E-state index < -0.39 is 36.4 Å². The first-order valence-corrected chi connectivity index (χ1v) is 9.03. The molecular formula is C20H17F4N3O2. The molecule has 2 atom stereocenters. The van der Waals surface area contributed by atoms with Crippen LogP contribution in [0.1, 0.15) is 24.9 Å². The van der Waals surface area contributed by atoms with Gasteiger partial charge in [0.25, 0.3) is 0 Å². The molecule has 1 saturated heterocycles. The summed E-state index contributed by atoms with van der Waals surface area (Å²) in [6, 6.07) is 6.14. The Hall–Kier alpha value is -3.10. The third-order valence-electron chi connectivity index (χ3n) is 5.02. The average Bonchev–Trinajstić information content (AvgIpc) is 3.14. The van der Waals surface area contributed by atoms with Gasteiger partial charge < -0.3 is 14.6 Å². The van der Waals surface area contributed by atoms with Gasteiger partial charge in [0, 0.05) is 29.8 Å². The number of amides is 1. The molecule has 0 radical (unpaired) electrons. The maximum atomic E-state index is 14.7. The van der Waals surface area contributed by atoms with E-state index in [4.69, 9.17) is 4.74 Å². The number of carbonyl (C=O) groups excluding carboxylic acids is 1. The summed E-state index contributed by atoms with van der Waals surface area (Å²) >= 11 is 0. The van der Waals surface area contributed by atoms with E-state index in [-0.39, 0.29) is 23.8 Å². The summed E-state index contributed by atoms with van der Waals surface area (Å²) in [7, 11) is 0. The molecule has 1 N–H and O–H groups in total. The normalized spacial score (nSPS) is 19.1. The molecule has 0 saturated carbocycles. The second-order valence-electron chi connectivity index (χ2n) is 6.87. The van der Waals surface area contributed by atoms with Gasteiger partial charge in [-0.25, -0.2) is 22.5 Å². The molecule has 4 rings (SSSR count). The van der Waals surface area contributed by atoms with Gasteiger partial charge in [-0.05, 0) is 18.2 Å². The summed E-state index contributed by atoms with van der Waals surface area (Å²) in [4.78, 5) is 20.9. The maximum Gasteiger partial charge on any atom is 0.241 e. The topological polar surface area (TPSA) is 58.2 Å². The van der Waals surface area contributed by atoms with E-state index in [0.29, 0.717) is 11.2 Å². The quantitative estimate of drug-likeness (QED) is 0.480. The van der Waals surface area contributed by atoms with Crippen molar-refractivity contribution in [3.8, 4) is 5.75 Å². The van der Waals surface area contributed by atoms with Gasteiger partial charge in [-0.1, -0.05) is 6.92 Å². The van der Waals surface area contributed by atoms with Crippen molar-refractivity contribution in [3.63, 3.8) is 0 Å². The van der Waals surface area contributed by atoms with Gasteiger partial charge in [0.05, 0.1) is 35.9 Å². The summed E-state index contributed by atoms with van der Waals surface area (Å²) in [5, 5.41) is 0. The summed E-state index contributed by atoms with van der Waals surface area (Å²) in [6.07, 6.45) is -1.59. The summed E-state index contributed by atoms with van der Waals surface area (Å²) < 4.78 is 58.9. The zero-order valence-corrected chi connectivity index (χ0v) is 15.3. The maximum absolute atomic E-state index is 14.7. The van der Waals surface area contributed by atoms with Gasteiger partial charge in [0.15, 0.2) is 0 Å². The van der Waals surface area contributed by atoms with E-state index in [1.807, 2.05) is 0 Å². The lowest BCUT2D eigenvalue weighted by atomic mass is 9.82. The number of rotatable bonds is 6. The minimum absolute atomic E-state index is 0.174. The van der Waals surface area contributed by atoms with Crippen molar-refractivity contribution >= 4 is 22.6 Å². The molecule has 0 bridgehead atoms. The fourth-order valence-electron chi connectivity index (χ4n) is 3.56. The molecule has 0 aliphatic carbocycles. The van der Waals surface area contributed by atoms with Crippen LogP contribution >= 0.6 is 0 Å². The number of imidazole rings is 1. The van der Waals surface area contributed by atoms with Crippen LogP contribution in [-0.4, -0.2) is 28.9 Å². The van der Waals surface area contributed by atoms with Crippen LogP contribution in [0.25, 0.3) is 11.0 Å². The SMILES string of the molecule is C[C@H]1C(=O)N(c2ccc3[nH]cnc3c2)[C@@H]1c1c(F)cc(OCCC(F)F)cc1F. The Bertz CT molecular complexity index is 1050. The third-order valence-corrected chi connectivity index (χ3v) is 5.02. The van der Waals surface area contributed by atoms with E-state index in [9.17, 15) is 22.4 Å². The van der Waals surface area contributed by atoms with Gasteiger partial charge in [0.1, 0.15) is 17.4 Å². The number of aromatic amines is 1. The van der Waals surface area contributed by atoms with Crippen molar-refractivity contribution < 1.29 is 27.1 Å². The molecule has 1 aromatic heterocycles. The molecule has 0 spiro atoms. The summed E-state index contributed by atoms with van der Waals surface area (Å²) in [6.45, 7) is 1.24. The average molecular weight is 407 g/mol. The number of β-lactam (4-membered cyclic amide) rings is 1. The number of H-pyrrole nitrogens is 1. The number of aromatic nitrogens is 2. The van der Waals surface area contributed by atoms with E-state index in [1.165, 1.54) is 11.2 Å². The van der Waals surface area contributed by atoms with Gasteiger partial charge in [-0.3, -0.25) is 4.79 Å². The molecule has 152 valence electrons. The second-order valence-corrected chi connectivity index (χ2v) is 6.87. The van der Waals surface area contributed by atoms with Crippen molar-refractivity contribution in [2.45, 2.75) is 25.8 Å². The first-order valence-electron chi connectivity index (χ1n) is 9.03. The van der Waals surface area contributed by atoms with Gasteiger partial charge >= 0.3 is 0 Å². The van der Waals surface area contributed by atoms with E-state index in [2.05, 4.69) is 9.97 Å². The molecule has 1 aliphatic rings. The molecule has 29 heavy (non-hydrogen) atoms. The van der Waals surface area contributed by atoms with Crippen molar-refractivity contribution in [1.29, 1.82) is 0 Å². The molecule has 1 fully saturated rings. The van der Waals surface area contributed by atoms with Gasteiger partial charge in [-0.2, -0.15) is 0 Å². The Labute approximate surface area is 163 Å². The Kier molecular flexibility index (Phi) is 4.89. The Morgan fingerprint density at radius 3 is 2.62 bits per heavy atom. The Balaban J connectivity index is 1.64. The van der Waals surface area contributed by atoms with E-state index in [0.717, 1.165) is 17.6 Å². The van der Waals surface area contributed by atoms with Crippen LogP contribution in [-0.2, 0) is 4.79 Å².